The zero-order chi connectivity index (χ0) is 13.9. The second-order valence-corrected chi connectivity index (χ2v) is 5.71. The first-order valence-corrected chi connectivity index (χ1v) is 7.54. The highest BCUT2D eigenvalue weighted by Crippen LogP contribution is 2.30. The molecule has 0 spiro atoms. The van der Waals surface area contributed by atoms with Gasteiger partial charge in [-0.05, 0) is 55.9 Å². The molecule has 4 nitrogen and oxygen atoms in total. The molecule has 1 aromatic carbocycles. The Kier molecular flexibility index (Phi) is 3.92. The topological polar surface area (TPSA) is 55.6 Å². The van der Waals surface area contributed by atoms with Crippen molar-refractivity contribution in [2.75, 3.05) is 23.8 Å². The van der Waals surface area contributed by atoms with Gasteiger partial charge in [-0.3, -0.25) is 4.79 Å². The molecule has 1 amide bonds. The van der Waals surface area contributed by atoms with E-state index in [0.29, 0.717) is 6.42 Å². The summed E-state index contributed by atoms with van der Waals surface area (Å²) in [5.74, 6) is 0.214. The van der Waals surface area contributed by atoms with Crippen molar-refractivity contribution in [2.24, 2.45) is 0 Å². The highest BCUT2D eigenvalue weighted by atomic mass is 16.5. The maximum atomic E-state index is 12.4. The van der Waals surface area contributed by atoms with Crippen LogP contribution in [0, 0.1) is 0 Å². The second kappa shape index (κ2) is 5.83. The number of nitrogen functional groups attached to an aromatic ring is 1. The molecule has 0 aliphatic carbocycles. The first-order chi connectivity index (χ1) is 9.74. The van der Waals surface area contributed by atoms with E-state index in [1.165, 1.54) is 5.56 Å². The molecule has 1 aromatic rings. The van der Waals surface area contributed by atoms with Gasteiger partial charge < -0.3 is 15.4 Å². The van der Waals surface area contributed by atoms with E-state index < -0.39 is 0 Å². The van der Waals surface area contributed by atoms with Gasteiger partial charge >= 0.3 is 0 Å². The Morgan fingerprint density at radius 1 is 1.40 bits per heavy atom. The number of aryl methyl sites for hydroxylation is 1. The minimum absolute atomic E-state index is 0.214. The van der Waals surface area contributed by atoms with Gasteiger partial charge in [-0.25, -0.2) is 0 Å². The van der Waals surface area contributed by atoms with Gasteiger partial charge in [0.2, 0.25) is 5.91 Å². The number of benzene rings is 1. The Balaban J connectivity index is 1.66. The van der Waals surface area contributed by atoms with E-state index in [4.69, 9.17) is 10.5 Å². The predicted molar refractivity (Wildman–Crippen MR) is 79.7 cm³/mol. The number of nitrogens with zero attached hydrogens (tertiary/aromatic N) is 1. The second-order valence-electron chi connectivity index (χ2n) is 5.71. The van der Waals surface area contributed by atoms with Gasteiger partial charge in [-0.15, -0.1) is 0 Å². The molecule has 0 radical (unpaired) electrons. The molecule has 0 saturated carbocycles. The number of hydrogen-bond acceptors (Lipinski definition) is 3. The molecule has 108 valence electrons. The molecule has 2 heterocycles. The van der Waals surface area contributed by atoms with Crippen LogP contribution in [0.3, 0.4) is 0 Å². The van der Waals surface area contributed by atoms with Crippen LogP contribution < -0.4 is 10.6 Å². The van der Waals surface area contributed by atoms with Gasteiger partial charge in [0.05, 0.1) is 6.10 Å². The van der Waals surface area contributed by atoms with Crippen LogP contribution in [0.25, 0.3) is 0 Å². The van der Waals surface area contributed by atoms with Crippen LogP contribution in [0.5, 0.6) is 0 Å². The van der Waals surface area contributed by atoms with Gasteiger partial charge in [0.1, 0.15) is 0 Å². The molecule has 1 unspecified atom stereocenters. The van der Waals surface area contributed by atoms with Gasteiger partial charge in [-0.2, -0.15) is 0 Å². The molecule has 4 heteroatoms. The Hall–Kier alpha value is -1.55. The molecule has 1 atom stereocenters. The van der Waals surface area contributed by atoms with E-state index in [-0.39, 0.29) is 12.0 Å². The summed E-state index contributed by atoms with van der Waals surface area (Å²) in [4.78, 5) is 14.4. The summed E-state index contributed by atoms with van der Waals surface area (Å²) in [5.41, 5.74) is 8.84. The molecule has 0 aromatic heterocycles. The Morgan fingerprint density at radius 3 is 3.10 bits per heavy atom. The number of fused-ring (bicyclic) bond motifs is 1. The first-order valence-electron chi connectivity index (χ1n) is 7.54. The summed E-state index contributed by atoms with van der Waals surface area (Å²) in [6.07, 6.45) is 5.96. The van der Waals surface area contributed by atoms with Crippen LogP contribution in [0.4, 0.5) is 11.4 Å². The van der Waals surface area contributed by atoms with Crippen molar-refractivity contribution in [3.05, 3.63) is 23.8 Å². The fourth-order valence-corrected chi connectivity index (χ4v) is 3.17. The number of carbonyl (C=O) groups is 1. The van der Waals surface area contributed by atoms with E-state index in [1.807, 2.05) is 23.1 Å². The van der Waals surface area contributed by atoms with Crippen LogP contribution in [-0.2, 0) is 16.0 Å². The Bertz CT molecular complexity index is 495. The van der Waals surface area contributed by atoms with Crippen LogP contribution >= 0.6 is 0 Å². The number of nitrogens with two attached hydrogens (primary N) is 1. The van der Waals surface area contributed by atoms with Gasteiger partial charge in [0.25, 0.3) is 0 Å². The van der Waals surface area contributed by atoms with Gasteiger partial charge in [0.15, 0.2) is 0 Å². The van der Waals surface area contributed by atoms with Crippen LogP contribution in [0.1, 0.15) is 37.7 Å². The molecular formula is C16H22N2O2. The number of anilines is 2. The van der Waals surface area contributed by atoms with Crippen molar-refractivity contribution in [1.29, 1.82) is 0 Å². The molecule has 1 saturated heterocycles. The normalized spacial score (nSPS) is 21.8. The first kappa shape index (κ1) is 13.4. The average molecular weight is 274 g/mol. The van der Waals surface area contributed by atoms with Crippen LogP contribution in [0.15, 0.2) is 18.2 Å². The third kappa shape index (κ3) is 2.80. The lowest BCUT2D eigenvalue weighted by Gasteiger charge is -2.30. The Morgan fingerprint density at radius 2 is 2.30 bits per heavy atom. The number of carbonyl (C=O) groups excluding carboxylic acids is 1. The summed E-state index contributed by atoms with van der Waals surface area (Å²) in [7, 11) is 0. The number of rotatable bonds is 3. The quantitative estimate of drug-likeness (QED) is 0.862. The van der Waals surface area contributed by atoms with Crippen molar-refractivity contribution < 1.29 is 9.53 Å². The maximum absolute atomic E-state index is 12.4. The van der Waals surface area contributed by atoms with Crippen molar-refractivity contribution in [3.63, 3.8) is 0 Å². The molecule has 2 aliphatic heterocycles. The molecule has 3 rings (SSSR count). The maximum Gasteiger partial charge on any atom is 0.227 e. The van der Waals surface area contributed by atoms with Gasteiger partial charge in [-0.1, -0.05) is 0 Å². The SMILES string of the molecule is Nc1ccc2c(c1)CCCN2C(=O)CCC1CCCO1. The van der Waals surface area contributed by atoms with E-state index >= 15 is 0 Å². The van der Waals surface area contributed by atoms with Crippen molar-refractivity contribution in [1.82, 2.24) is 0 Å². The third-order valence-corrected chi connectivity index (χ3v) is 4.23. The van der Waals surface area contributed by atoms with Gasteiger partial charge in [0, 0.05) is 30.9 Å². The van der Waals surface area contributed by atoms with E-state index in [0.717, 1.165) is 56.6 Å². The lowest BCUT2D eigenvalue weighted by atomic mass is 10.00. The zero-order valence-corrected chi connectivity index (χ0v) is 11.8. The van der Waals surface area contributed by atoms with Crippen molar-refractivity contribution in [2.45, 2.75) is 44.6 Å². The fraction of sp³-hybridized carbons (Fsp3) is 0.562. The highest BCUT2D eigenvalue weighted by molar-refractivity contribution is 5.94. The molecule has 1 fully saturated rings. The van der Waals surface area contributed by atoms with E-state index in [1.54, 1.807) is 0 Å². The summed E-state index contributed by atoms with van der Waals surface area (Å²) in [5, 5.41) is 0. The molecular weight excluding hydrogens is 252 g/mol. The minimum atomic E-state index is 0.214. The highest BCUT2D eigenvalue weighted by Gasteiger charge is 2.24. The largest absolute Gasteiger partial charge is 0.399 e. The monoisotopic (exact) mass is 274 g/mol. The number of ether oxygens (including phenoxy) is 1. The van der Waals surface area contributed by atoms with Crippen molar-refractivity contribution in [3.8, 4) is 0 Å². The zero-order valence-electron chi connectivity index (χ0n) is 11.8. The van der Waals surface area contributed by atoms with E-state index in [2.05, 4.69) is 0 Å². The van der Waals surface area contributed by atoms with Crippen LogP contribution in [-0.4, -0.2) is 25.2 Å². The average Bonchev–Trinajstić information content (AvgIpc) is 2.97. The summed E-state index contributed by atoms with van der Waals surface area (Å²) < 4.78 is 5.59. The lowest BCUT2D eigenvalue weighted by molar-refractivity contribution is -0.119. The van der Waals surface area contributed by atoms with Crippen LogP contribution in [0.2, 0.25) is 0 Å². The third-order valence-electron chi connectivity index (χ3n) is 4.23. The fourth-order valence-electron chi connectivity index (χ4n) is 3.17. The van der Waals surface area contributed by atoms with E-state index in [9.17, 15) is 4.79 Å². The summed E-state index contributed by atoms with van der Waals surface area (Å²) >= 11 is 0. The molecule has 2 N–H and O–H groups in total. The summed E-state index contributed by atoms with van der Waals surface area (Å²) in [6.45, 7) is 1.67. The standard InChI is InChI=1S/C16H22N2O2/c17-13-5-7-15-12(11-13)3-1-9-18(15)16(19)8-6-14-4-2-10-20-14/h5,7,11,14H,1-4,6,8-10,17H2. The molecule has 20 heavy (non-hydrogen) atoms. The smallest absolute Gasteiger partial charge is 0.227 e. The Labute approximate surface area is 119 Å². The summed E-state index contributed by atoms with van der Waals surface area (Å²) in [6, 6.07) is 5.85. The van der Waals surface area contributed by atoms with Crippen molar-refractivity contribution >= 4 is 17.3 Å². The minimum Gasteiger partial charge on any atom is -0.399 e. The molecule has 2 aliphatic rings. The molecule has 0 bridgehead atoms. The predicted octanol–water partition coefficient (Wildman–Crippen LogP) is 2.51. The number of hydrogen-bond donors (Lipinski definition) is 1. The number of amides is 1. The lowest BCUT2D eigenvalue weighted by Crippen LogP contribution is -2.35.